The van der Waals surface area contributed by atoms with Crippen molar-refractivity contribution in [2.75, 3.05) is 25.0 Å². The highest BCUT2D eigenvalue weighted by atomic mass is 16.2. The molecule has 0 saturated carbocycles. The summed E-state index contributed by atoms with van der Waals surface area (Å²) < 4.78 is 0. The number of nitrogens with zero attached hydrogens (tertiary/aromatic N) is 3. The lowest BCUT2D eigenvalue weighted by Gasteiger charge is -2.48. The van der Waals surface area contributed by atoms with Crippen LogP contribution >= 0.6 is 0 Å². The highest BCUT2D eigenvalue weighted by molar-refractivity contribution is 5.94. The van der Waals surface area contributed by atoms with E-state index in [-0.39, 0.29) is 17.4 Å². The average Bonchev–Trinajstić information content (AvgIpc) is 3.14. The second kappa shape index (κ2) is 6.99. The van der Waals surface area contributed by atoms with Crippen LogP contribution < -0.4 is 4.90 Å². The maximum absolute atomic E-state index is 13.2. The normalized spacial score (nSPS) is 21.0. The molecule has 0 bridgehead atoms. The van der Waals surface area contributed by atoms with Gasteiger partial charge in [-0.2, -0.15) is 0 Å². The summed E-state index contributed by atoms with van der Waals surface area (Å²) >= 11 is 0. The molecule has 0 N–H and O–H groups in total. The number of carbonyl (C=O) groups is 1. The first kappa shape index (κ1) is 18.0. The molecule has 2 aromatic rings. The maximum atomic E-state index is 13.2. The fourth-order valence-corrected chi connectivity index (χ4v) is 4.89. The standard InChI is InChI=1S/C23H29N3O/c1-23(2)16-26(20-9-12-24-13-10-20)14-11-21(23)25(3)22(27)19-8-7-17-5-4-6-18(17)15-19/h7-10,12-13,15,21H,4-6,11,14,16H2,1-3H3. The van der Waals surface area contributed by atoms with E-state index < -0.39 is 0 Å². The number of benzene rings is 1. The van der Waals surface area contributed by atoms with Crippen molar-refractivity contribution in [3.05, 3.63) is 59.4 Å². The summed E-state index contributed by atoms with van der Waals surface area (Å²) in [5.41, 5.74) is 4.85. The predicted octanol–water partition coefficient (Wildman–Crippen LogP) is 3.95. The number of aryl methyl sites for hydroxylation is 2. The molecule has 1 amide bonds. The van der Waals surface area contributed by atoms with Gasteiger partial charge in [-0.3, -0.25) is 9.78 Å². The predicted molar refractivity (Wildman–Crippen MR) is 109 cm³/mol. The minimum absolute atomic E-state index is 0.0165. The zero-order valence-electron chi connectivity index (χ0n) is 16.6. The lowest BCUT2D eigenvalue weighted by atomic mass is 9.78. The van der Waals surface area contributed by atoms with Crippen LogP contribution in [0.1, 0.15) is 48.2 Å². The Kier molecular flexibility index (Phi) is 4.67. The molecule has 1 saturated heterocycles. The molecule has 0 spiro atoms. The molecule has 4 rings (SSSR count). The quantitative estimate of drug-likeness (QED) is 0.828. The summed E-state index contributed by atoms with van der Waals surface area (Å²) in [6.07, 6.45) is 8.14. The van der Waals surface area contributed by atoms with Crippen molar-refractivity contribution in [3.63, 3.8) is 0 Å². The molecule has 1 aliphatic heterocycles. The van der Waals surface area contributed by atoms with Gasteiger partial charge >= 0.3 is 0 Å². The van der Waals surface area contributed by atoms with Crippen molar-refractivity contribution in [1.29, 1.82) is 0 Å². The van der Waals surface area contributed by atoms with Crippen LogP contribution in [0.4, 0.5) is 5.69 Å². The van der Waals surface area contributed by atoms with Gasteiger partial charge < -0.3 is 9.80 Å². The van der Waals surface area contributed by atoms with Gasteiger partial charge in [-0.1, -0.05) is 19.9 Å². The summed E-state index contributed by atoms with van der Waals surface area (Å²) in [5, 5.41) is 0. The van der Waals surface area contributed by atoms with Gasteiger partial charge in [-0.15, -0.1) is 0 Å². The largest absolute Gasteiger partial charge is 0.371 e. The van der Waals surface area contributed by atoms with E-state index in [1.54, 1.807) is 0 Å². The van der Waals surface area contributed by atoms with Crippen LogP contribution in [0.3, 0.4) is 0 Å². The van der Waals surface area contributed by atoms with Crippen molar-refractivity contribution in [3.8, 4) is 0 Å². The Hall–Kier alpha value is -2.36. The third-order valence-corrected chi connectivity index (χ3v) is 6.33. The number of anilines is 1. The third kappa shape index (κ3) is 3.45. The molecule has 2 heterocycles. The maximum Gasteiger partial charge on any atom is 0.253 e. The molecular weight excluding hydrogens is 334 g/mol. The Morgan fingerprint density at radius 3 is 2.63 bits per heavy atom. The van der Waals surface area contributed by atoms with Crippen LogP contribution in [0, 0.1) is 5.41 Å². The second-order valence-electron chi connectivity index (χ2n) is 8.67. The lowest BCUT2D eigenvalue weighted by Crippen LogP contribution is -2.56. The van der Waals surface area contributed by atoms with E-state index in [9.17, 15) is 4.79 Å². The van der Waals surface area contributed by atoms with Gasteiger partial charge in [0.2, 0.25) is 0 Å². The van der Waals surface area contributed by atoms with Crippen molar-refractivity contribution in [2.24, 2.45) is 5.41 Å². The Bertz CT molecular complexity index is 831. The van der Waals surface area contributed by atoms with Crippen LogP contribution in [0.25, 0.3) is 0 Å². The van der Waals surface area contributed by atoms with Gasteiger partial charge in [0, 0.05) is 55.2 Å². The highest BCUT2D eigenvalue weighted by Gasteiger charge is 2.40. The average molecular weight is 364 g/mol. The van der Waals surface area contributed by atoms with Crippen LogP contribution in [0.2, 0.25) is 0 Å². The Labute approximate surface area is 162 Å². The number of hydrogen-bond acceptors (Lipinski definition) is 3. The van der Waals surface area contributed by atoms with Gasteiger partial charge in [-0.25, -0.2) is 0 Å². The first-order chi connectivity index (χ1) is 13.0. The number of aromatic nitrogens is 1. The smallest absolute Gasteiger partial charge is 0.253 e. The second-order valence-corrected chi connectivity index (χ2v) is 8.67. The zero-order valence-corrected chi connectivity index (χ0v) is 16.6. The minimum Gasteiger partial charge on any atom is -0.371 e. The fourth-order valence-electron chi connectivity index (χ4n) is 4.89. The van der Waals surface area contributed by atoms with Crippen LogP contribution in [0.5, 0.6) is 0 Å². The summed E-state index contributed by atoms with van der Waals surface area (Å²) in [6.45, 7) is 6.44. The minimum atomic E-state index is 0.0165. The fraction of sp³-hybridized carbons (Fsp3) is 0.478. The van der Waals surface area contributed by atoms with E-state index in [1.165, 1.54) is 23.2 Å². The van der Waals surface area contributed by atoms with Crippen molar-refractivity contribution < 1.29 is 4.79 Å². The monoisotopic (exact) mass is 363 g/mol. The summed E-state index contributed by atoms with van der Waals surface area (Å²) in [7, 11) is 1.98. The van der Waals surface area contributed by atoms with E-state index in [0.717, 1.165) is 37.9 Å². The molecule has 1 aromatic carbocycles. The molecule has 1 fully saturated rings. The highest BCUT2D eigenvalue weighted by Crippen LogP contribution is 2.35. The topological polar surface area (TPSA) is 36.4 Å². The molecule has 27 heavy (non-hydrogen) atoms. The molecule has 1 unspecified atom stereocenters. The Morgan fingerprint density at radius 2 is 1.89 bits per heavy atom. The number of pyridine rings is 1. The van der Waals surface area contributed by atoms with Gasteiger partial charge in [0.1, 0.15) is 0 Å². The van der Waals surface area contributed by atoms with E-state index in [1.807, 2.05) is 30.4 Å². The summed E-state index contributed by atoms with van der Waals surface area (Å²) in [5.74, 6) is 0.153. The molecule has 1 aliphatic carbocycles. The third-order valence-electron chi connectivity index (χ3n) is 6.33. The number of hydrogen-bond donors (Lipinski definition) is 0. The van der Waals surface area contributed by atoms with Crippen LogP contribution in [-0.4, -0.2) is 42.0 Å². The first-order valence-corrected chi connectivity index (χ1v) is 10.00. The van der Waals surface area contributed by atoms with E-state index >= 15 is 0 Å². The van der Waals surface area contributed by atoms with Crippen LogP contribution in [0.15, 0.2) is 42.7 Å². The van der Waals surface area contributed by atoms with Gasteiger partial charge in [0.15, 0.2) is 0 Å². The number of piperidine rings is 1. The molecule has 1 aromatic heterocycles. The number of amides is 1. The van der Waals surface area contributed by atoms with E-state index in [0.29, 0.717) is 0 Å². The molecule has 4 nitrogen and oxygen atoms in total. The SMILES string of the molecule is CN(C(=O)c1ccc2c(c1)CCC2)C1CCN(c2ccncc2)CC1(C)C. The van der Waals surface area contributed by atoms with Gasteiger partial charge in [0.25, 0.3) is 5.91 Å². The van der Waals surface area contributed by atoms with Gasteiger partial charge in [0.05, 0.1) is 0 Å². The lowest BCUT2D eigenvalue weighted by molar-refractivity contribution is 0.0518. The Morgan fingerprint density at radius 1 is 1.15 bits per heavy atom. The molecule has 2 aliphatic rings. The zero-order chi connectivity index (χ0) is 19.0. The number of fused-ring (bicyclic) bond motifs is 1. The molecule has 0 radical (unpaired) electrons. The number of rotatable bonds is 3. The summed E-state index contributed by atoms with van der Waals surface area (Å²) in [6, 6.07) is 10.7. The van der Waals surface area contributed by atoms with Crippen LogP contribution in [-0.2, 0) is 12.8 Å². The molecular formula is C23H29N3O. The Balaban J connectivity index is 1.50. The van der Waals surface area contributed by atoms with Crippen molar-refractivity contribution >= 4 is 11.6 Å². The van der Waals surface area contributed by atoms with Gasteiger partial charge in [-0.05, 0) is 61.1 Å². The first-order valence-electron chi connectivity index (χ1n) is 10.00. The summed E-state index contributed by atoms with van der Waals surface area (Å²) in [4.78, 5) is 21.7. The van der Waals surface area contributed by atoms with E-state index in [2.05, 4.69) is 48.0 Å². The molecule has 4 heteroatoms. The number of carbonyl (C=O) groups excluding carboxylic acids is 1. The van der Waals surface area contributed by atoms with E-state index in [4.69, 9.17) is 0 Å². The molecule has 1 atom stereocenters. The van der Waals surface area contributed by atoms with Crippen molar-refractivity contribution in [1.82, 2.24) is 9.88 Å². The van der Waals surface area contributed by atoms with Crippen molar-refractivity contribution in [2.45, 2.75) is 45.6 Å². The molecule has 142 valence electrons.